The van der Waals surface area contributed by atoms with Crippen LogP contribution in [-0.4, -0.2) is 74.4 Å². The number of halogens is 1. The van der Waals surface area contributed by atoms with Crippen molar-refractivity contribution in [2.24, 2.45) is 4.99 Å². The van der Waals surface area contributed by atoms with Crippen LogP contribution in [0.3, 0.4) is 0 Å². The highest BCUT2D eigenvalue weighted by Gasteiger charge is 2.15. The van der Waals surface area contributed by atoms with Gasteiger partial charge in [-0.3, -0.25) is 4.99 Å². The van der Waals surface area contributed by atoms with E-state index < -0.39 is 0 Å². The minimum atomic E-state index is 0. The van der Waals surface area contributed by atoms with Gasteiger partial charge in [0.1, 0.15) is 5.82 Å². The van der Waals surface area contributed by atoms with Gasteiger partial charge in [0.25, 0.3) is 0 Å². The number of likely N-dealkylation sites (N-methyl/N-ethyl adjacent to an activating group) is 1. The Morgan fingerprint density at radius 2 is 1.87 bits per heavy atom. The van der Waals surface area contributed by atoms with E-state index in [1.807, 2.05) is 42.6 Å². The monoisotopic (exact) mass is 524 g/mol. The highest BCUT2D eigenvalue weighted by atomic mass is 127. The molecule has 1 aromatic heterocycles. The number of rotatable bonds is 7. The maximum Gasteiger partial charge on any atom is 0.191 e. The first-order chi connectivity index (χ1) is 14.2. The largest absolute Gasteiger partial charge is 0.396 e. The molecule has 1 aliphatic heterocycles. The molecule has 2 heterocycles. The molecule has 1 atom stereocenters. The quantitative estimate of drug-likeness (QED) is 0.292. The molecule has 0 aliphatic carbocycles. The lowest BCUT2D eigenvalue weighted by molar-refractivity contribution is 0.265. The van der Waals surface area contributed by atoms with Crippen molar-refractivity contribution in [1.82, 2.24) is 20.5 Å². The van der Waals surface area contributed by atoms with Gasteiger partial charge in [-0.25, -0.2) is 4.98 Å². The average molecular weight is 524 g/mol. The van der Waals surface area contributed by atoms with Crippen LogP contribution in [0.5, 0.6) is 0 Å². The molecule has 0 amide bonds. The van der Waals surface area contributed by atoms with Gasteiger partial charge in [0, 0.05) is 58.4 Å². The number of aliphatic hydroxyl groups is 1. The van der Waals surface area contributed by atoms with Gasteiger partial charge >= 0.3 is 0 Å². The number of anilines is 1. The number of pyridine rings is 1. The molecular formula is C22H33IN6O. The Labute approximate surface area is 196 Å². The van der Waals surface area contributed by atoms with Crippen LogP contribution in [0, 0.1) is 0 Å². The van der Waals surface area contributed by atoms with E-state index in [1.54, 1.807) is 7.05 Å². The molecule has 0 spiro atoms. The summed E-state index contributed by atoms with van der Waals surface area (Å²) >= 11 is 0. The third kappa shape index (κ3) is 7.10. The van der Waals surface area contributed by atoms with Crippen molar-refractivity contribution >= 4 is 35.8 Å². The SMILES string of the molecule is CN=C(NCc1ccnc(N2CCN(C)CC2)c1)NCC(CO)c1ccccc1.I. The molecule has 164 valence electrons. The molecule has 1 unspecified atom stereocenters. The lowest BCUT2D eigenvalue weighted by Gasteiger charge is -2.33. The Hall–Kier alpha value is -1.91. The van der Waals surface area contributed by atoms with Crippen molar-refractivity contribution in [3.8, 4) is 0 Å². The third-order valence-electron chi connectivity index (χ3n) is 5.33. The van der Waals surface area contributed by atoms with E-state index in [9.17, 15) is 5.11 Å². The lowest BCUT2D eigenvalue weighted by Crippen LogP contribution is -2.44. The summed E-state index contributed by atoms with van der Waals surface area (Å²) in [6.07, 6.45) is 1.87. The molecule has 7 nitrogen and oxygen atoms in total. The zero-order valence-electron chi connectivity index (χ0n) is 17.8. The fraction of sp³-hybridized carbons (Fsp3) is 0.455. The summed E-state index contributed by atoms with van der Waals surface area (Å²) < 4.78 is 0. The summed E-state index contributed by atoms with van der Waals surface area (Å²) in [5, 5.41) is 16.4. The van der Waals surface area contributed by atoms with Crippen LogP contribution in [0.1, 0.15) is 17.0 Å². The number of nitrogens with zero attached hydrogens (tertiary/aromatic N) is 4. The standard InChI is InChI=1S/C22H32N6O.HI/c1-23-22(26-16-20(17-29)19-6-4-3-5-7-19)25-15-18-8-9-24-21(14-18)28-12-10-27(2)11-13-28;/h3-9,14,20,29H,10-13,15-17H2,1-2H3,(H2,23,25,26);1H. The molecule has 8 heteroatoms. The van der Waals surface area contributed by atoms with E-state index in [0.717, 1.165) is 43.5 Å². The number of hydrogen-bond donors (Lipinski definition) is 3. The molecule has 1 fully saturated rings. The van der Waals surface area contributed by atoms with E-state index in [0.29, 0.717) is 13.1 Å². The van der Waals surface area contributed by atoms with Crippen molar-refractivity contribution in [2.45, 2.75) is 12.5 Å². The Bertz CT molecular complexity index is 780. The summed E-state index contributed by atoms with van der Waals surface area (Å²) in [6.45, 7) is 5.51. The van der Waals surface area contributed by atoms with E-state index in [4.69, 9.17) is 0 Å². The second-order valence-electron chi connectivity index (χ2n) is 7.41. The van der Waals surface area contributed by atoms with Gasteiger partial charge in [-0.05, 0) is 30.3 Å². The highest BCUT2D eigenvalue weighted by molar-refractivity contribution is 14.0. The van der Waals surface area contributed by atoms with E-state index in [1.165, 1.54) is 5.56 Å². The van der Waals surface area contributed by atoms with E-state index in [2.05, 4.69) is 43.5 Å². The number of hydrogen-bond acceptors (Lipinski definition) is 5. The van der Waals surface area contributed by atoms with Crippen LogP contribution in [-0.2, 0) is 6.54 Å². The first-order valence-electron chi connectivity index (χ1n) is 10.2. The first-order valence-corrected chi connectivity index (χ1v) is 10.2. The third-order valence-corrected chi connectivity index (χ3v) is 5.33. The van der Waals surface area contributed by atoms with Gasteiger partial charge in [-0.1, -0.05) is 30.3 Å². The second-order valence-corrected chi connectivity index (χ2v) is 7.41. The van der Waals surface area contributed by atoms with Gasteiger partial charge in [0.15, 0.2) is 5.96 Å². The van der Waals surface area contributed by atoms with Crippen LogP contribution in [0.15, 0.2) is 53.7 Å². The zero-order valence-corrected chi connectivity index (χ0v) is 20.1. The molecule has 2 aromatic rings. The predicted molar refractivity (Wildman–Crippen MR) is 134 cm³/mol. The molecule has 0 saturated carbocycles. The summed E-state index contributed by atoms with van der Waals surface area (Å²) in [6, 6.07) is 14.2. The predicted octanol–water partition coefficient (Wildman–Crippen LogP) is 1.89. The summed E-state index contributed by atoms with van der Waals surface area (Å²) in [7, 11) is 3.91. The number of guanidine groups is 1. The summed E-state index contributed by atoms with van der Waals surface area (Å²) in [5.41, 5.74) is 2.28. The minimum absolute atomic E-state index is 0. The van der Waals surface area contributed by atoms with Crippen molar-refractivity contribution in [3.63, 3.8) is 0 Å². The van der Waals surface area contributed by atoms with Crippen LogP contribution in [0.4, 0.5) is 5.82 Å². The van der Waals surface area contributed by atoms with Crippen molar-refractivity contribution < 1.29 is 5.11 Å². The molecule has 0 radical (unpaired) electrons. The summed E-state index contributed by atoms with van der Waals surface area (Å²) in [4.78, 5) is 13.5. The number of aliphatic imine (C=N–C) groups is 1. The molecule has 3 N–H and O–H groups in total. The molecule has 3 rings (SSSR count). The second kappa shape index (κ2) is 12.7. The zero-order chi connectivity index (χ0) is 20.5. The van der Waals surface area contributed by atoms with Gasteiger partial charge < -0.3 is 25.5 Å². The first kappa shape index (κ1) is 24.4. The normalized spacial score (nSPS) is 16.0. The van der Waals surface area contributed by atoms with Gasteiger partial charge in [-0.2, -0.15) is 0 Å². The Morgan fingerprint density at radius 1 is 1.13 bits per heavy atom. The lowest BCUT2D eigenvalue weighted by atomic mass is 10.0. The Morgan fingerprint density at radius 3 is 2.53 bits per heavy atom. The number of nitrogens with one attached hydrogen (secondary N) is 2. The minimum Gasteiger partial charge on any atom is -0.396 e. The van der Waals surface area contributed by atoms with Crippen molar-refractivity contribution in [3.05, 3.63) is 59.8 Å². The Balaban J connectivity index is 0.00000320. The van der Waals surface area contributed by atoms with Crippen LogP contribution in [0.2, 0.25) is 0 Å². The molecule has 0 bridgehead atoms. The van der Waals surface area contributed by atoms with Crippen molar-refractivity contribution in [2.75, 3.05) is 58.3 Å². The van der Waals surface area contributed by atoms with E-state index in [-0.39, 0.29) is 36.5 Å². The molecule has 1 aliphatic rings. The number of aromatic nitrogens is 1. The Kier molecular flexibility index (Phi) is 10.3. The fourth-order valence-corrected chi connectivity index (χ4v) is 3.42. The number of aliphatic hydroxyl groups excluding tert-OH is 1. The molecule has 30 heavy (non-hydrogen) atoms. The molecule has 1 aromatic carbocycles. The maximum absolute atomic E-state index is 9.73. The van der Waals surface area contributed by atoms with Gasteiger partial charge in [0.05, 0.1) is 6.61 Å². The van der Waals surface area contributed by atoms with Crippen molar-refractivity contribution in [1.29, 1.82) is 0 Å². The van der Waals surface area contributed by atoms with Gasteiger partial charge in [0.2, 0.25) is 0 Å². The van der Waals surface area contributed by atoms with E-state index >= 15 is 0 Å². The highest BCUT2D eigenvalue weighted by Crippen LogP contribution is 2.15. The van der Waals surface area contributed by atoms with Crippen LogP contribution < -0.4 is 15.5 Å². The van der Waals surface area contributed by atoms with Crippen LogP contribution >= 0.6 is 24.0 Å². The maximum atomic E-state index is 9.73. The molecular weight excluding hydrogens is 491 g/mol. The topological polar surface area (TPSA) is 76.0 Å². The molecule has 1 saturated heterocycles. The fourth-order valence-electron chi connectivity index (χ4n) is 3.42. The smallest absolute Gasteiger partial charge is 0.191 e. The summed E-state index contributed by atoms with van der Waals surface area (Å²) in [5.74, 6) is 1.78. The average Bonchev–Trinajstić information content (AvgIpc) is 2.77. The van der Waals surface area contributed by atoms with Crippen LogP contribution in [0.25, 0.3) is 0 Å². The van der Waals surface area contributed by atoms with Gasteiger partial charge in [-0.15, -0.1) is 24.0 Å². The number of piperazine rings is 1. The number of benzene rings is 1.